The zero-order valence-corrected chi connectivity index (χ0v) is 25.3. The number of hydrogen-bond acceptors (Lipinski definition) is 5. The smallest absolute Gasteiger partial charge is 0.317 e. The van der Waals surface area contributed by atoms with E-state index >= 15 is 0 Å². The molecule has 6 rings (SSSR count). The molecule has 1 aliphatic rings. The van der Waals surface area contributed by atoms with Crippen molar-refractivity contribution in [3.8, 4) is 16.8 Å². The molecule has 3 aromatic carbocycles. The molecule has 1 fully saturated rings. The predicted molar refractivity (Wildman–Crippen MR) is 170 cm³/mol. The Hall–Kier alpha value is -4.76. The second-order valence-corrected chi connectivity index (χ2v) is 11.5. The minimum absolute atomic E-state index is 0.00826. The minimum Gasteiger partial charge on any atom is -0.618 e. The maximum atomic E-state index is 13.8. The van der Waals surface area contributed by atoms with Crippen LogP contribution in [0.15, 0.2) is 97.5 Å². The van der Waals surface area contributed by atoms with Gasteiger partial charge in [-0.2, -0.15) is 9.41 Å². The van der Waals surface area contributed by atoms with Crippen molar-refractivity contribution in [1.29, 1.82) is 0 Å². The van der Waals surface area contributed by atoms with Crippen LogP contribution in [0.2, 0.25) is 5.02 Å². The van der Waals surface area contributed by atoms with Crippen LogP contribution in [0, 0.1) is 5.21 Å². The zero-order chi connectivity index (χ0) is 30.5. The SMILES string of the molecule is CCNC(=O)N1CCC(c2cccc([C@@H](Cc3ccccc3)c3ccc(-c4cc(Cl)ccc4-n4cnnn4)c[n+]3[O-])c2)CC1. The van der Waals surface area contributed by atoms with Gasteiger partial charge in [-0.3, -0.25) is 0 Å². The van der Waals surface area contributed by atoms with Gasteiger partial charge in [0.15, 0.2) is 6.20 Å². The molecule has 1 saturated heterocycles. The number of hydrogen-bond donors (Lipinski definition) is 1. The highest BCUT2D eigenvalue weighted by Gasteiger charge is 2.27. The van der Waals surface area contributed by atoms with Gasteiger partial charge in [0, 0.05) is 41.9 Å². The Kier molecular flexibility index (Phi) is 8.84. The first-order chi connectivity index (χ1) is 21.5. The molecule has 9 nitrogen and oxygen atoms in total. The topological polar surface area (TPSA) is 103 Å². The van der Waals surface area contributed by atoms with Crippen molar-refractivity contribution >= 4 is 17.6 Å². The highest BCUT2D eigenvalue weighted by Crippen LogP contribution is 2.34. The molecule has 44 heavy (non-hydrogen) atoms. The summed E-state index contributed by atoms with van der Waals surface area (Å²) in [5.41, 5.74) is 6.33. The Bertz CT molecular complexity index is 1720. The number of tetrazole rings is 1. The molecule has 10 heteroatoms. The van der Waals surface area contributed by atoms with Crippen molar-refractivity contribution in [2.24, 2.45) is 0 Å². The Labute approximate surface area is 261 Å². The van der Waals surface area contributed by atoms with Gasteiger partial charge in [-0.25, -0.2) is 4.79 Å². The van der Waals surface area contributed by atoms with E-state index < -0.39 is 0 Å². The maximum Gasteiger partial charge on any atom is 0.317 e. The molecule has 2 amide bonds. The molecule has 224 valence electrons. The van der Waals surface area contributed by atoms with Crippen LogP contribution in [0.5, 0.6) is 0 Å². The molecule has 0 spiro atoms. The summed E-state index contributed by atoms with van der Waals surface area (Å²) in [4.78, 5) is 14.2. The summed E-state index contributed by atoms with van der Waals surface area (Å²) in [6, 6.07) is 28.2. The Morgan fingerprint density at radius 3 is 2.59 bits per heavy atom. The van der Waals surface area contributed by atoms with E-state index in [-0.39, 0.29) is 11.9 Å². The number of nitrogens with one attached hydrogen (secondary N) is 1. The first-order valence-electron chi connectivity index (χ1n) is 14.9. The highest BCUT2D eigenvalue weighted by molar-refractivity contribution is 6.31. The summed E-state index contributed by atoms with van der Waals surface area (Å²) < 4.78 is 2.53. The van der Waals surface area contributed by atoms with Crippen LogP contribution in [0.1, 0.15) is 54.0 Å². The van der Waals surface area contributed by atoms with Crippen LogP contribution >= 0.6 is 11.6 Å². The Morgan fingerprint density at radius 1 is 1.05 bits per heavy atom. The number of carbonyl (C=O) groups is 1. The summed E-state index contributed by atoms with van der Waals surface area (Å²) in [6.07, 6.45) is 5.61. The summed E-state index contributed by atoms with van der Waals surface area (Å²) in [7, 11) is 0. The summed E-state index contributed by atoms with van der Waals surface area (Å²) in [5, 5.41) is 28.8. The van der Waals surface area contributed by atoms with Crippen LogP contribution in [-0.4, -0.2) is 50.8 Å². The highest BCUT2D eigenvalue weighted by atomic mass is 35.5. The lowest BCUT2D eigenvalue weighted by Gasteiger charge is -2.32. The van der Waals surface area contributed by atoms with Gasteiger partial charge >= 0.3 is 6.03 Å². The Morgan fingerprint density at radius 2 is 1.86 bits per heavy atom. The lowest BCUT2D eigenvalue weighted by molar-refractivity contribution is -0.614. The fourth-order valence-electron chi connectivity index (χ4n) is 6.08. The van der Waals surface area contributed by atoms with Crippen LogP contribution in [0.3, 0.4) is 0 Å². The molecule has 3 heterocycles. The van der Waals surface area contributed by atoms with Crippen molar-refractivity contribution in [3.05, 3.63) is 130 Å². The average molecular weight is 608 g/mol. The molecule has 1 N–H and O–H groups in total. The van der Waals surface area contributed by atoms with Crippen LogP contribution in [0.4, 0.5) is 4.79 Å². The number of likely N-dealkylation sites (tertiary alicyclic amines) is 1. The van der Waals surface area contributed by atoms with Gasteiger partial charge in [-0.05, 0) is 83.5 Å². The van der Waals surface area contributed by atoms with Crippen molar-refractivity contribution in [2.75, 3.05) is 19.6 Å². The number of nitrogens with zero attached hydrogens (tertiary/aromatic N) is 6. The molecule has 0 bridgehead atoms. The number of urea groups is 1. The lowest BCUT2D eigenvalue weighted by Crippen LogP contribution is -2.44. The van der Waals surface area contributed by atoms with Gasteiger partial charge in [-0.15, -0.1) is 5.10 Å². The van der Waals surface area contributed by atoms with Gasteiger partial charge in [0.1, 0.15) is 6.33 Å². The minimum atomic E-state index is -0.169. The monoisotopic (exact) mass is 607 g/mol. The van der Waals surface area contributed by atoms with E-state index in [9.17, 15) is 10.0 Å². The second kappa shape index (κ2) is 13.3. The number of piperidine rings is 1. The Balaban J connectivity index is 1.33. The molecular weight excluding hydrogens is 574 g/mol. The lowest BCUT2D eigenvalue weighted by atomic mass is 9.84. The van der Waals surface area contributed by atoms with E-state index in [1.165, 1.54) is 11.9 Å². The number of halogens is 1. The van der Waals surface area contributed by atoms with Gasteiger partial charge in [0.25, 0.3) is 0 Å². The van der Waals surface area contributed by atoms with Gasteiger partial charge < -0.3 is 15.4 Å². The van der Waals surface area contributed by atoms with E-state index in [4.69, 9.17) is 11.6 Å². The van der Waals surface area contributed by atoms with Crippen molar-refractivity contribution < 1.29 is 9.52 Å². The predicted octanol–water partition coefficient (Wildman–Crippen LogP) is 5.90. The third-order valence-corrected chi connectivity index (χ3v) is 8.58. The number of rotatable bonds is 8. The van der Waals surface area contributed by atoms with Crippen LogP contribution < -0.4 is 10.0 Å². The normalized spacial score (nSPS) is 14.4. The summed E-state index contributed by atoms with van der Waals surface area (Å²) in [6.45, 7) is 4.02. The third-order valence-electron chi connectivity index (χ3n) is 8.34. The number of carbonyl (C=O) groups excluding carboxylic acids is 1. The van der Waals surface area contributed by atoms with E-state index in [0.29, 0.717) is 35.2 Å². The third kappa shape index (κ3) is 6.43. The van der Waals surface area contributed by atoms with E-state index in [1.807, 2.05) is 54.3 Å². The quantitative estimate of drug-likeness (QED) is 0.175. The van der Waals surface area contributed by atoms with E-state index in [1.54, 1.807) is 16.9 Å². The number of amides is 2. The van der Waals surface area contributed by atoms with E-state index in [0.717, 1.165) is 53.0 Å². The standard InChI is InChI=1S/C34H34ClN7O2/c1-2-36-34(43)40-17-15-25(16-18-40)26-9-6-10-27(20-26)30(19-24-7-4-3-5-8-24)33-13-11-28(22-42(33)44)31-21-29(35)12-14-32(31)41-23-37-38-39-41/h3-14,20-23,25,30H,2,15-19H2,1H3,(H,36,43)/t30-/m1/s1. The van der Waals surface area contributed by atoms with Crippen molar-refractivity contribution in [1.82, 2.24) is 30.4 Å². The number of aromatic nitrogens is 5. The van der Waals surface area contributed by atoms with Crippen molar-refractivity contribution in [3.63, 3.8) is 0 Å². The maximum absolute atomic E-state index is 13.8. The molecule has 0 aliphatic carbocycles. The van der Waals surface area contributed by atoms with Crippen LogP contribution in [-0.2, 0) is 6.42 Å². The first kappa shape index (κ1) is 29.3. The molecule has 2 aromatic heterocycles. The number of pyridine rings is 1. The number of benzene rings is 3. The molecule has 0 radical (unpaired) electrons. The van der Waals surface area contributed by atoms with Gasteiger partial charge in [0.2, 0.25) is 5.69 Å². The molecule has 5 aromatic rings. The molecule has 0 unspecified atom stereocenters. The first-order valence-corrected chi connectivity index (χ1v) is 15.3. The fourth-order valence-corrected chi connectivity index (χ4v) is 6.26. The summed E-state index contributed by atoms with van der Waals surface area (Å²) >= 11 is 6.37. The molecule has 1 aliphatic heterocycles. The molecule has 1 atom stereocenters. The van der Waals surface area contributed by atoms with Gasteiger partial charge in [0.05, 0.1) is 11.6 Å². The van der Waals surface area contributed by atoms with E-state index in [2.05, 4.69) is 57.2 Å². The summed E-state index contributed by atoms with van der Waals surface area (Å²) in [5.74, 6) is 0.185. The average Bonchev–Trinajstić information content (AvgIpc) is 3.60. The molecule has 0 saturated carbocycles. The van der Waals surface area contributed by atoms with Gasteiger partial charge in [-0.1, -0.05) is 66.2 Å². The van der Waals surface area contributed by atoms with Crippen molar-refractivity contribution in [2.45, 2.75) is 38.0 Å². The molecular formula is C34H34ClN7O2. The fraction of sp³-hybridized carbons (Fsp3) is 0.265. The zero-order valence-electron chi connectivity index (χ0n) is 24.5. The second-order valence-electron chi connectivity index (χ2n) is 11.1. The largest absolute Gasteiger partial charge is 0.618 e. The van der Waals surface area contributed by atoms with Crippen LogP contribution in [0.25, 0.3) is 16.8 Å².